The molecule has 0 amide bonds. The Morgan fingerprint density at radius 2 is 1.74 bits per heavy atom. The van der Waals surface area contributed by atoms with E-state index in [2.05, 4.69) is 54.1 Å². The van der Waals surface area contributed by atoms with Gasteiger partial charge in [-0.05, 0) is 36.8 Å². The summed E-state index contributed by atoms with van der Waals surface area (Å²) in [5.41, 5.74) is 9.81. The van der Waals surface area contributed by atoms with Crippen molar-refractivity contribution in [3.8, 4) is 5.75 Å². The van der Waals surface area contributed by atoms with Crippen LogP contribution in [0.5, 0.6) is 5.75 Å². The fraction of sp³-hybridized carbons (Fsp3) is 0.222. The Bertz CT molecular complexity index is 679. The van der Waals surface area contributed by atoms with Gasteiger partial charge in [0, 0.05) is 13.6 Å². The maximum atomic E-state index is 5.22. The topological polar surface area (TPSA) is 39.8 Å². The number of methoxy groups -OCH3 is 1. The Balaban J connectivity index is 1.73. The van der Waals surface area contributed by atoms with Gasteiger partial charge < -0.3 is 15.1 Å². The van der Waals surface area contributed by atoms with E-state index in [0.29, 0.717) is 0 Å². The maximum absolute atomic E-state index is 5.22. The third-order valence-electron chi connectivity index (χ3n) is 3.87. The van der Waals surface area contributed by atoms with E-state index < -0.39 is 0 Å². The van der Waals surface area contributed by atoms with Gasteiger partial charge in [0.05, 0.1) is 19.0 Å². The van der Waals surface area contributed by atoms with Gasteiger partial charge in [-0.3, -0.25) is 0 Å². The molecule has 0 bridgehead atoms. The molecule has 0 aromatic heterocycles. The molecule has 1 heterocycles. The molecule has 1 aliphatic heterocycles. The van der Waals surface area contributed by atoms with Crippen molar-refractivity contribution in [2.45, 2.75) is 13.5 Å². The van der Waals surface area contributed by atoms with Gasteiger partial charge in [-0.25, -0.2) is 5.01 Å². The van der Waals surface area contributed by atoms with E-state index in [1.807, 2.05) is 35.5 Å². The van der Waals surface area contributed by atoms with E-state index in [4.69, 9.17) is 4.74 Å². The number of hydrogen-bond acceptors (Lipinski definition) is 5. The highest BCUT2D eigenvalue weighted by Gasteiger charge is 2.20. The van der Waals surface area contributed by atoms with Gasteiger partial charge in [-0.15, -0.1) is 5.53 Å². The molecule has 0 aliphatic carbocycles. The Morgan fingerprint density at radius 1 is 1.04 bits per heavy atom. The van der Waals surface area contributed by atoms with Crippen LogP contribution in [0.15, 0.2) is 60.6 Å². The number of hydrazine groups is 2. The lowest BCUT2D eigenvalue weighted by atomic mass is 10.1. The summed E-state index contributed by atoms with van der Waals surface area (Å²) in [5.74, 6) is 1.90. The molecule has 5 heteroatoms. The van der Waals surface area contributed by atoms with Crippen LogP contribution in [0.25, 0.3) is 0 Å². The number of nitrogens with zero attached hydrogens (tertiary/aromatic N) is 2. The van der Waals surface area contributed by atoms with Gasteiger partial charge in [0.25, 0.3) is 0 Å². The second-order valence-corrected chi connectivity index (χ2v) is 5.63. The molecule has 0 saturated heterocycles. The monoisotopic (exact) mass is 310 g/mol. The average molecular weight is 310 g/mol. The number of rotatable bonds is 5. The molecular formula is C18H22N4O. The highest BCUT2D eigenvalue weighted by Crippen LogP contribution is 2.24. The van der Waals surface area contributed by atoms with Crippen molar-refractivity contribution in [1.82, 2.24) is 15.9 Å². The van der Waals surface area contributed by atoms with E-state index >= 15 is 0 Å². The fourth-order valence-corrected chi connectivity index (χ4v) is 2.54. The molecule has 0 fully saturated rings. The molecule has 0 unspecified atom stereocenters. The van der Waals surface area contributed by atoms with Crippen LogP contribution < -0.4 is 20.7 Å². The molecule has 120 valence electrons. The summed E-state index contributed by atoms with van der Waals surface area (Å²) in [5, 5.41) is 2.01. The summed E-state index contributed by atoms with van der Waals surface area (Å²) >= 11 is 0. The van der Waals surface area contributed by atoms with E-state index in [9.17, 15) is 0 Å². The van der Waals surface area contributed by atoms with Crippen LogP contribution in [-0.4, -0.2) is 19.1 Å². The van der Waals surface area contributed by atoms with Crippen molar-refractivity contribution in [2.24, 2.45) is 0 Å². The van der Waals surface area contributed by atoms with Crippen molar-refractivity contribution in [3.05, 3.63) is 71.7 Å². The van der Waals surface area contributed by atoms with E-state index in [0.717, 1.165) is 23.8 Å². The molecule has 1 aliphatic rings. The summed E-state index contributed by atoms with van der Waals surface area (Å²) in [6, 6.07) is 16.6. The fourth-order valence-electron chi connectivity index (χ4n) is 2.54. The molecule has 0 spiro atoms. The minimum atomic E-state index is 0.835. The normalized spacial score (nSPS) is 13.5. The SMILES string of the molecule is COc1ccc(N2NNC=C2N(C)Cc2ccc(C)cc2)cc1. The zero-order valence-corrected chi connectivity index (χ0v) is 13.7. The minimum Gasteiger partial charge on any atom is -0.497 e. The molecule has 0 atom stereocenters. The lowest BCUT2D eigenvalue weighted by Gasteiger charge is -2.28. The molecule has 3 rings (SSSR count). The van der Waals surface area contributed by atoms with Gasteiger partial charge in [0.1, 0.15) is 11.6 Å². The smallest absolute Gasteiger partial charge is 0.142 e. The zero-order valence-electron chi connectivity index (χ0n) is 13.7. The Morgan fingerprint density at radius 3 is 2.39 bits per heavy atom. The van der Waals surface area contributed by atoms with Gasteiger partial charge in [0.15, 0.2) is 0 Å². The second kappa shape index (κ2) is 6.62. The first kappa shape index (κ1) is 15.2. The summed E-state index contributed by atoms with van der Waals surface area (Å²) in [4.78, 5) is 2.20. The second-order valence-electron chi connectivity index (χ2n) is 5.63. The van der Waals surface area contributed by atoms with Crippen molar-refractivity contribution in [2.75, 3.05) is 19.2 Å². The molecule has 5 nitrogen and oxygen atoms in total. The Kier molecular flexibility index (Phi) is 4.39. The van der Waals surface area contributed by atoms with Gasteiger partial charge in [-0.2, -0.15) is 0 Å². The number of hydrogen-bond donors (Lipinski definition) is 2. The van der Waals surface area contributed by atoms with Crippen LogP contribution >= 0.6 is 0 Å². The Hall–Kier alpha value is -2.66. The summed E-state index contributed by atoms with van der Waals surface area (Å²) in [6.45, 7) is 2.94. The van der Waals surface area contributed by atoms with Gasteiger partial charge >= 0.3 is 0 Å². The van der Waals surface area contributed by atoms with Gasteiger partial charge in [0.2, 0.25) is 0 Å². The minimum absolute atomic E-state index is 0.835. The highest BCUT2D eigenvalue weighted by atomic mass is 16.5. The molecule has 2 aromatic rings. The van der Waals surface area contributed by atoms with Crippen LogP contribution in [0, 0.1) is 6.92 Å². The van der Waals surface area contributed by atoms with E-state index in [-0.39, 0.29) is 0 Å². The molecule has 2 aromatic carbocycles. The molecule has 0 radical (unpaired) electrons. The number of benzene rings is 2. The van der Waals surface area contributed by atoms with Crippen LogP contribution in [0.1, 0.15) is 11.1 Å². The maximum Gasteiger partial charge on any atom is 0.142 e. The van der Waals surface area contributed by atoms with Crippen LogP contribution in [0.3, 0.4) is 0 Å². The first-order valence-electron chi connectivity index (χ1n) is 7.59. The molecule has 2 N–H and O–H groups in total. The first-order valence-corrected chi connectivity index (χ1v) is 7.59. The lowest BCUT2D eigenvalue weighted by molar-refractivity contribution is 0.394. The number of aryl methyl sites for hydroxylation is 1. The summed E-state index contributed by atoms with van der Waals surface area (Å²) in [6.07, 6.45) is 1.96. The highest BCUT2D eigenvalue weighted by molar-refractivity contribution is 5.53. The van der Waals surface area contributed by atoms with Gasteiger partial charge in [-0.1, -0.05) is 29.8 Å². The number of anilines is 1. The average Bonchev–Trinajstić information content (AvgIpc) is 3.07. The number of ether oxygens (including phenoxy) is 1. The standard InChI is InChI=1S/C18H22N4O/c1-14-4-6-15(7-5-14)13-21(2)18-12-19-20-22(18)16-8-10-17(23-3)11-9-16/h4-12,19-20H,13H2,1-3H3. The van der Waals surface area contributed by atoms with Crippen molar-refractivity contribution in [1.29, 1.82) is 0 Å². The van der Waals surface area contributed by atoms with E-state index in [1.165, 1.54) is 11.1 Å². The third kappa shape index (κ3) is 3.40. The van der Waals surface area contributed by atoms with Crippen molar-refractivity contribution >= 4 is 5.69 Å². The first-order chi connectivity index (χ1) is 11.2. The van der Waals surface area contributed by atoms with Crippen molar-refractivity contribution < 1.29 is 4.74 Å². The lowest BCUT2D eigenvalue weighted by Crippen LogP contribution is -2.40. The predicted molar refractivity (Wildman–Crippen MR) is 92.5 cm³/mol. The van der Waals surface area contributed by atoms with Crippen molar-refractivity contribution in [3.63, 3.8) is 0 Å². The van der Waals surface area contributed by atoms with E-state index in [1.54, 1.807) is 7.11 Å². The molecule has 23 heavy (non-hydrogen) atoms. The Labute approximate surface area is 137 Å². The van der Waals surface area contributed by atoms with Crippen LogP contribution in [0.4, 0.5) is 5.69 Å². The predicted octanol–water partition coefficient (Wildman–Crippen LogP) is 2.76. The summed E-state index contributed by atoms with van der Waals surface area (Å²) < 4.78 is 5.22. The zero-order chi connectivity index (χ0) is 16.2. The molecule has 0 saturated carbocycles. The number of nitrogens with one attached hydrogen (secondary N) is 2. The van der Waals surface area contributed by atoms with Crippen LogP contribution in [-0.2, 0) is 6.54 Å². The summed E-state index contributed by atoms with van der Waals surface area (Å²) in [7, 11) is 3.75. The quantitative estimate of drug-likeness (QED) is 0.888. The molecular weight excluding hydrogens is 288 g/mol. The van der Waals surface area contributed by atoms with Crippen LogP contribution in [0.2, 0.25) is 0 Å². The third-order valence-corrected chi connectivity index (χ3v) is 3.87. The largest absolute Gasteiger partial charge is 0.497 e.